The van der Waals surface area contributed by atoms with Gasteiger partial charge in [-0.15, -0.1) is 0 Å². The van der Waals surface area contributed by atoms with Crippen molar-refractivity contribution in [3.63, 3.8) is 0 Å². The van der Waals surface area contributed by atoms with Gasteiger partial charge in [-0.3, -0.25) is 19.3 Å². The predicted octanol–water partition coefficient (Wildman–Crippen LogP) is 5.35. The minimum absolute atomic E-state index is 0.0454. The van der Waals surface area contributed by atoms with Crippen molar-refractivity contribution in [3.05, 3.63) is 99.5 Å². The lowest BCUT2D eigenvalue weighted by atomic mass is 9.96. The van der Waals surface area contributed by atoms with Crippen LogP contribution in [0.1, 0.15) is 52.1 Å². The van der Waals surface area contributed by atoms with E-state index in [-0.39, 0.29) is 30.4 Å². The molecule has 2 aliphatic rings. The SMILES string of the molecule is COc1cccc(C(=O)N2[C@H](C(=O)N[C@H](C)c3ccccc3)COC23CCN(C(=O)c2ccc(Cl)c(Cl)c2)CC3)c1. The number of likely N-dealkylation sites (tertiary alicyclic amines) is 1. The van der Waals surface area contributed by atoms with E-state index in [1.54, 1.807) is 52.3 Å². The molecule has 2 saturated heterocycles. The first kappa shape index (κ1) is 28.9. The van der Waals surface area contributed by atoms with Gasteiger partial charge in [0.2, 0.25) is 5.91 Å². The molecule has 1 N–H and O–H groups in total. The van der Waals surface area contributed by atoms with Crippen LogP contribution in [-0.4, -0.2) is 66.1 Å². The lowest BCUT2D eigenvalue weighted by Crippen LogP contribution is -2.60. The van der Waals surface area contributed by atoms with E-state index in [4.69, 9.17) is 32.7 Å². The second kappa shape index (κ2) is 12.1. The summed E-state index contributed by atoms with van der Waals surface area (Å²) in [5.41, 5.74) is 0.720. The van der Waals surface area contributed by atoms with Crippen LogP contribution < -0.4 is 10.1 Å². The number of benzene rings is 3. The van der Waals surface area contributed by atoms with Crippen molar-refractivity contribution in [1.29, 1.82) is 0 Å². The van der Waals surface area contributed by atoms with Gasteiger partial charge in [0.05, 0.1) is 29.8 Å². The summed E-state index contributed by atoms with van der Waals surface area (Å²) in [5, 5.41) is 3.73. The standard InChI is InChI=1S/C31H31Cl2N3O5/c1-20(21-7-4-3-5-8-21)34-28(37)27-19-41-31(36(27)30(39)22-9-6-10-24(17-22)40-2)13-15-35(16-14-31)29(38)23-11-12-25(32)26(33)18-23/h3-12,17-18,20,27H,13-16,19H2,1-2H3,(H,34,37)/t20-,27+/m1/s1. The number of carbonyl (C=O) groups excluding carboxylic acids is 3. The second-order valence-corrected chi connectivity index (χ2v) is 11.1. The fourth-order valence-electron chi connectivity index (χ4n) is 5.47. The fourth-order valence-corrected chi connectivity index (χ4v) is 5.77. The summed E-state index contributed by atoms with van der Waals surface area (Å²) in [6, 6.07) is 20.1. The molecule has 10 heteroatoms. The summed E-state index contributed by atoms with van der Waals surface area (Å²) < 4.78 is 11.7. The molecule has 0 radical (unpaired) electrons. The quantitative estimate of drug-likeness (QED) is 0.415. The first-order valence-corrected chi connectivity index (χ1v) is 14.2. The summed E-state index contributed by atoms with van der Waals surface area (Å²) in [7, 11) is 1.53. The molecule has 2 heterocycles. The highest BCUT2D eigenvalue weighted by Gasteiger charge is 2.54. The van der Waals surface area contributed by atoms with Crippen LogP contribution in [0.5, 0.6) is 5.75 Å². The summed E-state index contributed by atoms with van der Waals surface area (Å²) in [5.74, 6) is -0.291. The minimum atomic E-state index is -1.05. The highest BCUT2D eigenvalue weighted by molar-refractivity contribution is 6.42. The van der Waals surface area contributed by atoms with Crippen molar-refractivity contribution in [1.82, 2.24) is 15.1 Å². The normalized spacial score (nSPS) is 18.7. The topological polar surface area (TPSA) is 88.2 Å². The summed E-state index contributed by atoms with van der Waals surface area (Å²) in [6.45, 7) is 2.61. The molecule has 0 aliphatic carbocycles. The van der Waals surface area contributed by atoms with Crippen molar-refractivity contribution >= 4 is 40.9 Å². The van der Waals surface area contributed by atoms with E-state index >= 15 is 0 Å². The third kappa shape index (κ3) is 5.91. The van der Waals surface area contributed by atoms with Crippen LogP contribution in [0.15, 0.2) is 72.8 Å². The Kier molecular flexibility index (Phi) is 8.54. The first-order valence-electron chi connectivity index (χ1n) is 13.4. The molecular weight excluding hydrogens is 565 g/mol. The van der Waals surface area contributed by atoms with Gasteiger partial charge in [-0.2, -0.15) is 0 Å². The Hall–Kier alpha value is -3.59. The molecule has 8 nitrogen and oxygen atoms in total. The fraction of sp³-hybridized carbons (Fsp3) is 0.323. The number of ether oxygens (including phenoxy) is 2. The molecule has 41 heavy (non-hydrogen) atoms. The second-order valence-electron chi connectivity index (χ2n) is 10.2. The Bertz CT molecular complexity index is 1440. The van der Waals surface area contributed by atoms with Gasteiger partial charge in [0.15, 0.2) is 0 Å². The van der Waals surface area contributed by atoms with Crippen molar-refractivity contribution in [3.8, 4) is 5.75 Å². The monoisotopic (exact) mass is 595 g/mol. The highest BCUT2D eigenvalue weighted by Crippen LogP contribution is 2.39. The van der Waals surface area contributed by atoms with Crippen LogP contribution >= 0.6 is 23.2 Å². The molecule has 0 saturated carbocycles. The van der Waals surface area contributed by atoms with Crippen molar-refractivity contribution in [2.24, 2.45) is 0 Å². The van der Waals surface area contributed by atoms with Gasteiger partial charge in [-0.05, 0) is 48.9 Å². The number of nitrogens with zero attached hydrogens (tertiary/aromatic N) is 2. The van der Waals surface area contributed by atoms with E-state index in [0.29, 0.717) is 52.9 Å². The van der Waals surface area contributed by atoms with Crippen LogP contribution in [0.3, 0.4) is 0 Å². The van der Waals surface area contributed by atoms with E-state index in [9.17, 15) is 14.4 Å². The molecule has 5 rings (SSSR count). The van der Waals surface area contributed by atoms with Crippen molar-refractivity contribution in [2.75, 3.05) is 26.8 Å². The lowest BCUT2D eigenvalue weighted by Gasteiger charge is -2.44. The highest BCUT2D eigenvalue weighted by atomic mass is 35.5. The number of hydrogen-bond acceptors (Lipinski definition) is 5. The Morgan fingerprint density at radius 3 is 2.32 bits per heavy atom. The van der Waals surface area contributed by atoms with E-state index in [0.717, 1.165) is 5.56 Å². The van der Waals surface area contributed by atoms with Crippen LogP contribution in [0, 0.1) is 0 Å². The third-order valence-corrected chi connectivity index (χ3v) is 8.49. The number of nitrogens with one attached hydrogen (secondary N) is 1. The van der Waals surface area contributed by atoms with Gasteiger partial charge in [-0.1, -0.05) is 59.6 Å². The van der Waals surface area contributed by atoms with E-state index in [2.05, 4.69) is 5.32 Å². The average Bonchev–Trinajstić information content (AvgIpc) is 3.37. The Balaban J connectivity index is 1.39. The summed E-state index contributed by atoms with van der Waals surface area (Å²) in [6.07, 6.45) is 0.682. The maximum Gasteiger partial charge on any atom is 0.257 e. The molecule has 1 spiro atoms. The molecule has 2 atom stereocenters. The largest absolute Gasteiger partial charge is 0.497 e. The van der Waals surface area contributed by atoms with Gasteiger partial charge < -0.3 is 19.7 Å². The van der Waals surface area contributed by atoms with Crippen LogP contribution in [-0.2, 0) is 9.53 Å². The van der Waals surface area contributed by atoms with Gasteiger partial charge in [0.1, 0.15) is 17.5 Å². The predicted molar refractivity (Wildman–Crippen MR) is 156 cm³/mol. The van der Waals surface area contributed by atoms with E-state index in [1.165, 1.54) is 7.11 Å². The molecule has 3 aromatic carbocycles. The average molecular weight is 597 g/mol. The van der Waals surface area contributed by atoms with E-state index < -0.39 is 11.8 Å². The molecule has 0 aromatic heterocycles. The van der Waals surface area contributed by atoms with Gasteiger partial charge >= 0.3 is 0 Å². The van der Waals surface area contributed by atoms with E-state index in [1.807, 2.05) is 37.3 Å². The summed E-state index contributed by atoms with van der Waals surface area (Å²) >= 11 is 12.2. The van der Waals surface area contributed by atoms with Crippen LogP contribution in [0.4, 0.5) is 0 Å². The lowest BCUT2D eigenvalue weighted by molar-refractivity contribution is -0.128. The number of methoxy groups -OCH3 is 1. The number of rotatable bonds is 6. The Morgan fingerprint density at radius 1 is 0.927 bits per heavy atom. The molecule has 3 amide bonds. The first-order chi connectivity index (χ1) is 19.7. The minimum Gasteiger partial charge on any atom is -0.497 e. The zero-order chi connectivity index (χ0) is 29.1. The van der Waals surface area contributed by atoms with Crippen LogP contribution in [0.25, 0.3) is 0 Å². The third-order valence-electron chi connectivity index (χ3n) is 7.76. The molecule has 3 aromatic rings. The zero-order valence-corrected chi connectivity index (χ0v) is 24.3. The Labute approximate surface area is 249 Å². The van der Waals surface area contributed by atoms with Crippen molar-refractivity contribution < 1.29 is 23.9 Å². The van der Waals surface area contributed by atoms with Crippen molar-refractivity contribution in [2.45, 2.75) is 37.6 Å². The zero-order valence-electron chi connectivity index (χ0n) is 22.8. The molecule has 2 fully saturated rings. The smallest absolute Gasteiger partial charge is 0.257 e. The summed E-state index contributed by atoms with van der Waals surface area (Å²) in [4.78, 5) is 44.2. The number of carbonyl (C=O) groups is 3. The molecular formula is C31H31Cl2N3O5. The van der Waals surface area contributed by atoms with Gasteiger partial charge in [0, 0.05) is 37.1 Å². The van der Waals surface area contributed by atoms with Gasteiger partial charge in [0.25, 0.3) is 11.8 Å². The number of hydrogen-bond donors (Lipinski definition) is 1. The number of halogens is 2. The maximum absolute atomic E-state index is 14.1. The molecule has 2 aliphatic heterocycles. The maximum atomic E-state index is 14.1. The van der Waals surface area contributed by atoms with Gasteiger partial charge in [-0.25, -0.2) is 0 Å². The molecule has 214 valence electrons. The van der Waals surface area contributed by atoms with Crippen LogP contribution in [0.2, 0.25) is 10.0 Å². The Morgan fingerprint density at radius 2 is 1.63 bits per heavy atom. The molecule has 0 bridgehead atoms. The number of amides is 3. The number of piperidine rings is 1. The molecule has 0 unspecified atom stereocenters.